The number of piperidine rings is 1. The maximum absolute atomic E-state index is 14.3. The largest absolute Gasteiger partial charge is 0.316 e. The highest BCUT2D eigenvalue weighted by molar-refractivity contribution is 7.91. The zero-order valence-electron chi connectivity index (χ0n) is 10.1. The zero-order valence-corrected chi connectivity index (χ0v) is 10.9. The fourth-order valence-corrected chi connectivity index (χ4v) is 3.07. The van der Waals surface area contributed by atoms with Crippen LogP contribution in [-0.2, 0) is 9.84 Å². The molecule has 0 aliphatic carbocycles. The van der Waals surface area contributed by atoms with Gasteiger partial charge in [0.05, 0.1) is 5.75 Å². The molecule has 96 valence electrons. The summed E-state index contributed by atoms with van der Waals surface area (Å²) >= 11 is 0. The summed E-state index contributed by atoms with van der Waals surface area (Å²) < 4.78 is 37.0. The van der Waals surface area contributed by atoms with E-state index in [9.17, 15) is 12.8 Å². The number of sulfone groups is 1. The Morgan fingerprint density at radius 1 is 1.50 bits per heavy atom. The minimum absolute atomic E-state index is 0.0347. The fraction of sp³-hybridized carbons (Fsp3) is 1.00. The molecule has 0 radical (unpaired) electrons. The Morgan fingerprint density at radius 3 is 2.69 bits per heavy atom. The lowest BCUT2D eigenvalue weighted by Crippen LogP contribution is -2.42. The van der Waals surface area contributed by atoms with Crippen molar-refractivity contribution in [1.29, 1.82) is 0 Å². The number of alkyl halides is 1. The van der Waals surface area contributed by atoms with Crippen LogP contribution in [0.5, 0.6) is 0 Å². The molecule has 1 aliphatic heterocycles. The quantitative estimate of drug-likeness (QED) is 0.806. The van der Waals surface area contributed by atoms with E-state index in [0.29, 0.717) is 6.54 Å². The smallest absolute Gasteiger partial charge is 0.150 e. The van der Waals surface area contributed by atoms with Gasteiger partial charge in [0.15, 0.2) is 0 Å². The van der Waals surface area contributed by atoms with Gasteiger partial charge in [-0.2, -0.15) is 0 Å². The van der Waals surface area contributed by atoms with Crippen molar-refractivity contribution in [1.82, 2.24) is 5.32 Å². The highest BCUT2D eigenvalue weighted by Crippen LogP contribution is 2.31. The molecule has 0 aromatic heterocycles. The fourth-order valence-electron chi connectivity index (χ4n) is 2.07. The summed E-state index contributed by atoms with van der Waals surface area (Å²) in [6.45, 7) is 4.75. The van der Waals surface area contributed by atoms with Gasteiger partial charge in [-0.3, -0.25) is 0 Å². The molecule has 0 aromatic rings. The number of hydrogen-bond acceptors (Lipinski definition) is 3. The molecule has 2 unspecified atom stereocenters. The average molecular weight is 251 g/mol. The van der Waals surface area contributed by atoms with Crippen LogP contribution in [0.4, 0.5) is 4.39 Å². The van der Waals surface area contributed by atoms with E-state index < -0.39 is 15.5 Å². The maximum atomic E-state index is 14.3. The van der Waals surface area contributed by atoms with E-state index in [-0.39, 0.29) is 23.8 Å². The second-order valence-corrected chi connectivity index (χ2v) is 7.28. The first-order valence-electron chi connectivity index (χ1n) is 5.97. The summed E-state index contributed by atoms with van der Waals surface area (Å²) in [4.78, 5) is 0. The highest BCUT2D eigenvalue weighted by Gasteiger charge is 2.35. The minimum atomic E-state index is -3.05. The molecule has 1 rings (SSSR count). The molecule has 1 N–H and O–H groups in total. The third-order valence-electron chi connectivity index (χ3n) is 3.49. The molecule has 0 spiro atoms. The van der Waals surface area contributed by atoms with Gasteiger partial charge in [0.25, 0.3) is 0 Å². The van der Waals surface area contributed by atoms with Gasteiger partial charge in [-0.1, -0.05) is 6.92 Å². The highest BCUT2D eigenvalue weighted by atomic mass is 32.2. The standard InChI is InChI=1S/C11H22FNO2S/c1-3-16(14,15)8-6-11(2,12)10-5-4-7-13-9-10/h10,13H,3-9H2,1-2H3. The molecule has 0 amide bonds. The van der Waals surface area contributed by atoms with Gasteiger partial charge >= 0.3 is 0 Å². The Balaban J connectivity index is 2.50. The van der Waals surface area contributed by atoms with Crippen molar-refractivity contribution in [2.24, 2.45) is 5.92 Å². The van der Waals surface area contributed by atoms with E-state index in [1.54, 1.807) is 6.92 Å². The summed E-state index contributed by atoms with van der Waals surface area (Å²) in [5.41, 5.74) is -1.37. The molecule has 1 saturated heterocycles. The molecular weight excluding hydrogens is 229 g/mol. The van der Waals surface area contributed by atoms with Crippen LogP contribution in [0.25, 0.3) is 0 Å². The molecule has 0 bridgehead atoms. The van der Waals surface area contributed by atoms with Gasteiger partial charge in [-0.05, 0) is 32.7 Å². The summed E-state index contributed by atoms with van der Waals surface area (Å²) in [6.07, 6.45) is 1.95. The Kier molecular flexibility index (Phi) is 4.73. The minimum Gasteiger partial charge on any atom is -0.316 e. The predicted octanol–water partition coefficient (Wildman–Crippen LogP) is 1.54. The van der Waals surface area contributed by atoms with Crippen molar-refractivity contribution < 1.29 is 12.8 Å². The molecule has 2 atom stereocenters. The van der Waals surface area contributed by atoms with Crippen LogP contribution in [0.2, 0.25) is 0 Å². The summed E-state index contributed by atoms with van der Waals surface area (Å²) in [7, 11) is -3.05. The van der Waals surface area contributed by atoms with Gasteiger partial charge in [0, 0.05) is 18.2 Å². The second-order valence-electron chi connectivity index (χ2n) is 4.81. The van der Waals surface area contributed by atoms with E-state index in [1.807, 2.05) is 0 Å². The molecule has 3 nitrogen and oxygen atoms in total. The van der Waals surface area contributed by atoms with Gasteiger partial charge in [-0.15, -0.1) is 0 Å². The van der Waals surface area contributed by atoms with Crippen molar-refractivity contribution in [3.8, 4) is 0 Å². The van der Waals surface area contributed by atoms with Crippen LogP contribution in [0.15, 0.2) is 0 Å². The third-order valence-corrected chi connectivity index (χ3v) is 5.20. The maximum Gasteiger partial charge on any atom is 0.150 e. The Hall–Kier alpha value is -0.160. The first-order valence-corrected chi connectivity index (χ1v) is 7.79. The topological polar surface area (TPSA) is 46.2 Å². The lowest BCUT2D eigenvalue weighted by Gasteiger charge is -2.33. The van der Waals surface area contributed by atoms with Gasteiger partial charge in [-0.25, -0.2) is 12.8 Å². The average Bonchev–Trinajstić information content (AvgIpc) is 2.28. The van der Waals surface area contributed by atoms with Crippen molar-refractivity contribution in [2.75, 3.05) is 24.6 Å². The summed E-state index contributed by atoms with van der Waals surface area (Å²) in [6, 6.07) is 0. The van der Waals surface area contributed by atoms with Crippen LogP contribution < -0.4 is 5.32 Å². The second kappa shape index (κ2) is 5.45. The van der Waals surface area contributed by atoms with Crippen LogP contribution in [0, 0.1) is 5.92 Å². The molecule has 5 heteroatoms. The normalized spacial score (nSPS) is 26.3. The van der Waals surface area contributed by atoms with Crippen molar-refractivity contribution in [3.05, 3.63) is 0 Å². The predicted molar refractivity (Wildman–Crippen MR) is 64.1 cm³/mol. The molecule has 0 saturated carbocycles. The molecule has 1 fully saturated rings. The van der Waals surface area contributed by atoms with Crippen LogP contribution in [0.3, 0.4) is 0 Å². The lowest BCUT2D eigenvalue weighted by molar-refractivity contribution is 0.0797. The van der Waals surface area contributed by atoms with Gasteiger partial charge < -0.3 is 5.32 Å². The first kappa shape index (κ1) is 13.9. The SMILES string of the molecule is CCS(=O)(=O)CCC(C)(F)C1CCCNC1. The Labute approximate surface area is 97.7 Å². The molecular formula is C11H22FNO2S. The number of rotatable bonds is 5. The summed E-state index contributed by atoms with van der Waals surface area (Å²) in [5, 5.41) is 3.16. The Morgan fingerprint density at radius 2 is 2.19 bits per heavy atom. The van der Waals surface area contributed by atoms with Crippen molar-refractivity contribution >= 4 is 9.84 Å². The van der Waals surface area contributed by atoms with E-state index >= 15 is 0 Å². The summed E-state index contributed by atoms with van der Waals surface area (Å²) in [5.74, 6) is 0.0206. The third kappa shape index (κ3) is 4.01. The lowest BCUT2D eigenvalue weighted by atomic mass is 9.83. The van der Waals surface area contributed by atoms with E-state index in [1.165, 1.54) is 6.92 Å². The number of hydrogen-bond donors (Lipinski definition) is 1. The Bertz CT molecular complexity index is 308. The van der Waals surface area contributed by atoms with E-state index in [4.69, 9.17) is 0 Å². The van der Waals surface area contributed by atoms with Crippen molar-refractivity contribution in [2.45, 2.75) is 38.8 Å². The molecule has 1 heterocycles. The zero-order chi connectivity index (χ0) is 12.2. The first-order chi connectivity index (χ1) is 7.37. The molecule has 1 aliphatic rings. The van der Waals surface area contributed by atoms with E-state index in [2.05, 4.69) is 5.32 Å². The number of nitrogens with one attached hydrogen (secondary N) is 1. The van der Waals surface area contributed by atoms with E-state index in [0.717, 1.165) is 19.4 Å². The van der Waals surface area contributed by atoms with Gasteiger partial charge in [0.1, 0.15) is 15.5 Å². The monoisotopic (exact) mass is 251 g/mol. The van der Waals surface area contributed by atoms with Crippen molar-refractivity contribution in [3.63, 3.8) is 0 Å². The van der Waals surface area contributed by atoms with Gasteiger partial charge in [0.2, 0.25) is 0 Å². The molecule has 16 heavy (non-hydrogen) atoms. The van der Waals surface area contributed by atoms with Crippen LogP contribution in [0.1, 0.15) is 33.1 Å². The molecule has 0 aromatic carbocycles. The van der Waals surface area contributed by atoms with Crippen LogP contribution >= 0.6 is 0 Å². The van der Waals surface area contributed by atoms with Crippen LogP contribution in [-0.4, -0.2) is 38.7 Å². The number of halogens is 1.